The Morgan fingerprint density at radius 3 is 2.50 bits per heavy atom. The van der Waals surface area contributed by atoms with Gasteiger partial charge >= 0.3 is 0 Å². The summed E-state index contributed by atoms with van der Waals surface area (Å²) in [7, 11) is 0. The van der Waals surface area contributed by atoms with Crippen molar-refractivity contribution in [2.45, 2.75) is 32.6 Å². The van der Waals surface area contributed by atoms with Gasteiger partial charge in [0.2, 0.25) is 0 Å². The van der Waals surface area contributed by atoms with Crippen LogP contribution in [0.3, 0.4) is 0 Å². The second-order valence-electron chi connectivity index (χ2n) is 4.91. The Kier molecular flexibility index (Phi) is 4.42. The van der Waals surface area contributed by atoms with Crippen molar-refractivity contribution < 1.29 is 0 Å². The predicted octanol–water partition coefficient (Wildman–Crippen LogP) is 3.03. The Morgan fingerprint density at radius 1 is 1.22 bits per heavy atom. The number of nitrogens with two attached hydrogens (primary N) is 1. The van der Waals surface area contributed by atoms with Crippen LogP contribution in [0.2, 0.25) is 0 Å². The number of aryl methyl sites for hydroxylation is 1. The molecule has 1 aliphatic heterocycles. The van der Waals surface area contributed by atoms with Gasteiger partial charge in [-0.05, 0) is 49.7 Å². The zero-order valence-corrected chi connectivity index (χ0v) is 11.7. The van der Waals surface area contributed by atoms with Crippen LogP contribution in [0.15, 0.2) is 18.2 Å². The molecule has 1 saturated heterocycles. The number of nitrogens with zero attached hydrogens (tertiary/aromatic N) is 1. The smallest absolute Gasteiger partial charge is 0.168 e. The van der Waals surface area contributed by atoms with Gasteiger partial charge in [0.1, 0.15) is 0 Å². The minimum absolute atomic E-state index is 0.330. The van der Waals surface area contributed by atoms with E-state index in [0.717, 1.165) is 18.8 Å². The third-order valence-corrected chi connectivity index (χ3v) is 3.46. The van der Waals surface area contributed by atoms with Gasteiger partial charge in [0.25, 0.3) is 0 Å². The molecule has 1 heterocycles. The topological polar surface area (TPSA) is 41.3 Å². The number of thiocarbonyl (C=S) groups is 1. The van der Waals surface area contributed by atoms with Crippen LogP contribution in [-0.2, 0) is 0 Å². The fraction of sp³-hybridized carbons (Fsp3) is 0.500. The third kappa shape index (κ3) is 3.35. The lowest BCUT2D eigenvalue weighted by Gasteiger charge is -2.26. The first-order chi connectivity index (χ1) is 8.66. The van der Waals surface area contributed by atoms with Crippen LogP contribution in [0.1, 0.15) is 31.2 Å². The van der Waals surface area contributed by atoms with Crippen LogP contribution in [-0.4, -0.2) is 18.2 Å². The first-order valence-electron chi connectivity index (χ1n) is 6.59. The molecule has 0 unspecified atom stereocenters. The van der Waals surface area contributed by atoms with Gasteiger partial charge in [0, 0.05) is 13.1 Å². The maximum atomic E-state index is 5.61. The van der Waals surface area contributed by atoms with E-state index < -0.39 is 0 Å². The fourth-order valence-corrected chi connectivity index (χ4v) is 2.58. The molecule has 3 N–H and O–H groups in total. The first kappa shape index (κ1) is 13.1. The van der Waals surface area contributed by atoms with Crippen LogP contribution in [0.4, 0.5) is 11.4 Å². The molecule has 2 rings (SSSR count). The van der Waals surface area contributed by atoms with Crippen LogP contribution in [0.5, 0.6) is 0 Å². The first-order valence-corrected chi connectivity index (χ1v) is 7.00. The number of rotatable bonds is 2. The van der Waals surface area contributed by atoms with Gasteiger partial charge in [-0.15, -0.1) is 0 Å². The standard InChI is InChI=1S/C14H21N3S/c1-11-6-7-13(12(10-11)16-14(15)18)17-8-4-2-3-5-9-17/h6-7,10H,2-5,8-9H2,1H3,(H3,15,16,18). The molecule has 1 aromatic rings. The molecule has 3 nitrogen and oxygen atoms in total. The van der Waals surface area contributed by atoms with Gasteiger partial charge in [-0.3, -0.25) is 0 Å². The molecule has 0 aliphatic carbocycles. The van der Waals surface area contributed by atoms with Crippen LogP contribution >= 0.6 is 12.2 Å². The van der Waals surface area contributed by atoms with Crippen molar-refractivity contribution >= 4 is 28.7 Å². The highest BCUT2D eigenvalue weighted by Crippen LogP contribution is 2.29. The highest BCUT2D eigenvalue weighted by Gasteiger charge is 2.13. The van der Waals surface area contributed by atoms with Gasteiger partial charge in [-0.1, -0.05) is 18.9 Å². The quantitative estimate of drug-likeness (QED) is 0.805. The molecule has 0 saturated carbocycles. The number of anilines is 2. The monoisotopic (exact) mass is 263 g/mol. The summed E-state index contributed by atoms with van der Waals surface area (Å²) < 4.78 is 0. The molecule has 0 radical (unpaired) electrons. The maximum Gasteiger partial charge on any atom is 0.168 e. The van der Waals surface area contributed by atoms with E-state index in [9.17, 15) is 0 Å². The van der Waals surface area contributed by atoms with Crippen molar-refractivity contribution in [2.24, 2.45) is 5.73 Å². The molecule has 0 spiro atoms. The highest BCUT2D eigenvalue weighted by atomic mass is 32.1. The summed E-state index contributed by atoms with van der Waals surface area (Å²) in [5.41, 5.74) is 9.07. The lowest BCUT2D eigenvalue weighted by atomic mass is 10.1. The Hall–Kier alpha value is -1.29. The molecule has 18 heavy (non-hydrogen) atoms. The van der Waals surface area contributed by atoms with Gasteiger partial charge in [-0.25, -0.2) is 0 Å². The zero-order valence-electron chi connectivity index (χ0n) is 10.9. The molecular weight excluding hydrogens is 242 g/mol. The summed E-state index contributed by atoms with van der Waals surface area (Å²) in [5.74, 6) is 0. The molecule has 0 aromatic heterocycles. The second kappa shape index (κ2) is 6.05. The highest BCUT2D eigenvalue weighted by molar-refractivity contribution is 7.80. The van der Waals surface area contributed by atoms with E-state index >= 15 is 0 Å². The number of hydrogen-bond donors (Lipinski definition) is 2. The number of nitrogens with one attached hydrogen (secondary N) is 1. The van der Waals surface area contributed by atoms with Crippen LogP contribution < -0.4 is 16.0 Å². The molecule has 0 atom stereocenters. The van der Waals surface area contributed by atoms with Crippen molar-refractivity contribution in [1.29, 1.82) is 0 Å². The molecule has 1 fully saturated rings. The summed E-state index contributed by atoms with van der Waals surface area (Å²) in [5, 5.41) is 3.43. The van der Waals surface area contributed by atoms with E-state index in [-0.39, 0.29) is 0 Å². The number of benzene rings is 1. The Bertz CT molecular complexity index is 423. The summed E-state index contributed by atoms with van der Waals surface area (Å²) >= 11 is 4.96. The molecule has 0 bridgehead atoms. The minimum atomic E-state index is 0.330. The van der Waals surface area contributed by atoms with E-state index in [1.54, 1.807) is 0 Å². The minimum Gasteiger partial charge on any atom is -0.376 e. The third-order valence-electron chi connectivity index (χ3n) is 3.36. The van der Waals surface area contributed by atoms with Gasteiger partial charge in [0.05, 0.1) is 11.4 Å². The van der Waals surface area contributed by atoms with Gasteiger partial charge in [-0.2, -0.15) is 0 Å². The molecule has 98 valence electrons. The van der Waals surface area contributed by atoms with E-state index in [1.165, 1.54) is 36.9 Å². The molecule has 1 aromatic carbocycles. The van der Waals surface area contributed by atoms with Crippen molar-refractivity contribution in [3.05, 3.63) is 23.8 Å². The Labute approximate surface area is 114 Å². The van der Waals surface area contributed by atoms with Crippen molar-refractivity contribution in [1.82, 2.24) is 0 Å². The molecule has 0 amide bonds. The maximum absolute atomic E-state index is 5.61. The fourth-order valence-electron chi connectivity index (χ4n) is 2.47. The normalized spacial score (nSPS) is 16.2. The van der Waals surface area contributed by atoms with E-state index in [0.29, 0.717) is 5.11 Å². The molecule has 4 heteroatoms. The van der Waals surface area contributed by atoms with Crippen molar-refractivity contribution in [3.8, 4) is 0 Å². The number of hydrogen-bond acceptors (Lipinski definition) is 2. The lowest BCUT2D eigenvalue weighted by Crippen LogP contribution is -2.27. The largest absolute Gasteiger partial charge is 0.376 e. The average molecular weight is 263 g/mol. The van der Waals surface area contributed by atoms with E-state index in [2.05, 4.69) is 35.3 Å². The summed E-state index contributed by atoms with van der Waals surface area (Å²) in [6.45, 7) is 4.32. The van der Waals surface area contributed by atoms with Crippen molar-refractivity contribution in [2.75, 3.05) is 23.3 Å². The summed E-state index contributed by atoms with van der Waals surface area (Å²) in [6.07, 6.45) is 5.20. The van der Waals surface area contributed by atoms with Gasteiger partial charge < -0.3 is 16.0 Å². The average Bonchev–Trinajstić information content (AvgIpc) is 2.57. The summed E-state index contributed by atoms with van der Waals surface area (Å²) in [6, 6.07) is 6.42. The summed E-state index contributed by atoms with van der Waals surface area (Å²) in [4.78, 5) is 2.44. The van der Waals surface area contributed by atoms with Crippen LogP contribution in [0, 0.1) is 6.92 Å². The SMILES string of the molecule is Cc1ccc(N2CCCCCC2)c(NC(N)=S)c1. The van der Waals surface area contributed by atoms with Crippen molar-refractivity contribution in [3.63, 3.8) is 0 Å². The Balaban J connectivity index is 2.26. The molecular formula is C14H21N3S. The van der Waals surface area contributed by atoms with E-state index in [1.807, 2.05) is 0 Å². The molecule has 1 aliphatic rings. The van der Waals surface area contributed by atoms with Crippen LogP contribution in [0.25, 0.3) is 0 Å². The zero-order chi connectivity index (χ0) is 13.0. The predicted molar refractivity (Wildman–Crippen MR) is 82.3 cm³/mol. The second-order valence-corrected chi connectivity index (χ2v) is 5.35. The Morgan fingerprint density at radius 2 is 1.89 bits per heavy atom. The lowest BCUT2D eigenvalue weighted by molar-refractivity contribution is 0.726. The van der Waals surface area contributed by atoms with Gasteiger partial charge in [0.15, 0.2) is 5.11 Å². The van der Waals surface area contributed by atoms with E-state index in [4.69, 9.17) is 18.0 Å².